The van der Waals surface area contributed by atoms with Crippen molar-refractivity contribution in [3.05, 3.63) is 96.1 Å². The van der Waals surface area contributed by atoms with Gasteiger partial charge >= 0.3 is 0 Å². The molecule has 6 heteroatoms. The van der Waals surface area contributed by atoms with Crippen LogP contribution in [0.25, 0.3) is 0 Å². The van der Waals surface area contributed by atoms with E-state index in [1.54, 1.807) is 54.6 Å². The van der Waals surface area contributed by atoms with Crippen LogP contribution in [0.2, 0.25) is 0 Å². The van der Waals surface area contributed by atoms with E-state index in [0.717, 1.165) is 31.5 Å². The van der Waals surface area contributed by atoms with E-state index in [-0.39, 0.29) is 17.7 Å². The molecule has 1 saturated heterocycles. The smallest absolute Gasteiger partial charge is 0.246 e. The Hall–Kier alpha value is -2.96. The molecule has 0 radical (unpaired) electrons. The lowest BCUT2D eigenvalue weighted by molar-refractivity contribution is -0.121. The van der Waals surface area contributed by atoms with Crippen molar-refractivity contribution in [2.24, 2.45) is 0 Å². The molecule has 31 heavy (non-hydrogen) atoms. The van der Waals surface area contributed by atoms with E-state index >= 15 is 0 Å². The second kappa shape index (κ2) is 9.45. The lowest BCUT2D eigenvalue weighted by atomic mass is 10.0. The Kier molecular flexibility index (Phi) is 6.49. The molecule has 1 atom stereocenters. The molecule has 1 aliphatic rings. The molecule has 1 N–H and O–H groups in total. The summed E-state index contributed by atoms with van der Waals surface area (Å²) >= 11 is 0. The maximum Gasteiger partial charge on any atom is 0.246 e. The van der Waals surface area contributed by atoms with E-state index in [2.05, 4.69) is 10.2 Å². The summed E-state index contributed by atoms with van der Waals surface area (Å²) in [6.45, 7) is 1.78. The van der Waals surface area contributed by atoms with Crippen molar-refractivity contribution in [3.8, 4) is 0 Å². The molecular formula is C25H26N2O3S. The van der Waals surface area contributed by atoms with Gasteiger partial charge < -0.3 is 5.32 Å². The zero-order valence-corrected chi connectivity index (χ0v) is 18.1. The number of likely N-dealkylation sites (tertiary alicyclic amines) is 1. The molecule has 1 fully saturated rings. The molecular weight excluding hydrogens is 408 g/mol. The van der Waals surface area contributed by atoms with Gasteiger partial charge in [-0.05, 0) is 61.3 Å². The fourth-order valence-corrected chi connectivity index (χ4v) is 5.40. The number of hydrogen-bond donors (Lipinski definition) is 1. The molecule has 0 aliphatic carbocycles. The number of nitrogens with one attached hydrogen (secondary N) is 1. The van der Waals surface area contributed by atoms with Crippen LogP contribution in [0, 0.1) is 0 Å². The zero-order valence-electron chi connectivity index (χ0n) is 17.3. The summed E-state index contributed by atoms with van der Waals surface area (Å²) in [6.07, 6.45) is 2.17. The van der Waals surface area contributed by atoms with E-state index in [0.29, 0.717) is 16.1 Å². The van der Waals surface area contributed by atoms with Gasteiger partial charge in [-0.1, -0.05) is 60.7 Å². The average molecular weight is 435 g/mol. The molecule has 1 unspecified atom stereocenters. The molecule has 3 aromatic carbocycles. The number of amides is 1. The predicted octanol–water partition coefficient (Wildman–Crippen LogP) is 4.44. The Morgan fingerprint density at radius 1 is 0.871 bits per heavy atom. The van der Waals surface area contributed by atoms with Crippen LogP contribution in [-0.4, -0.2) is 32.3 Å². The van der Waals surface area contributed by atoms with Crippen molar-refractivity contribution in [1.29, 1.82) is 0 Å². The molecule has 0 aromatic heterocycles. The van der Waals surface area contributed by atoms with Crippen LogP contribution in [-0.2, 0) is 20.4 Å². The molecule has 1 aliphatic heterocycles. The van der Waals surface area contributed by atoms with Gasteiger partial charge in [-0.15, -0.1) is 0 Å². The lowest BCUT2D eigenvalue weighted by Gasteiger charge is -2.27. The fourth-order valence-electron chi connectivity index (χ4n) is 4.04. The third-order valence-electron chi connectivity index (χ3n) is 5.52. The van der Waals surface area contributed by atoms with Crippen molar-refractivity contribution >= 4 is 21.4 Å². The van der Waals surface area contributed by atoms with Gasteiger partial charge in [0.25, 0.3) is 0 Å². The minimum absolute atomic E-state index is 0.101. The van der Waals surface area contributed by atoms with Crippen LogP contribution in [0.15, 0.2) is 89.8 Å². The first kappa shape index (κ1) is 21.3. The highest BCUT2D eigenvalue weighted by atomic mass is 32.2. The van der Waals surface area contributed by atoms with E-state index in [4.69, 9.17) is 0 Å². The molecule has 160 valence electrons. The molecule has 3 aromatic rings. The number of anilines is 1. The minimum atomic E-state index is -3.45. The van der Waals surface area contributed by atoms with Gasteiger partial charge in [0.15, 0.2) is 9.84 Å². The quantitative estimate of drug-likeness (QED) is 0.597. The Morgan fingerprint density at radius 2 is 1.52 bits per heavy atom. The minimum Gasteiger partial charge on any atom is -0.324 e. The van der Waals surface area contributed by atoms with Gasteiger partial charge in [-0.3, -0.25) is 9.69 Å². The molecule has 0 spiro atoms. The highest BCUT2D eigenvalue weighted by molar-refractivity contribution is 7.90. The van der Waals surface area contributed by atoms with E-state index < -0.39 is 9.84 Å². The normalized spacial score (nSPS) is 15.5. The number of nitrogens with zero attached hydrogens (tertiary/aromatic N) is 1. The van der Waals surface area contributed by atoms with E-state index in [9.17, 15) is 13.2 Å². The van der Waals surface area contributed by atoms with E-state index in [1.807, 2.05) is 30.3 Å². The number of carbonyl (C=O) groups is 1. The Labute approximate surface area is 183 Å². The summed E-state index contributed by atoms with van der Waals surface area (Å²) in [5, 5.41) is 3.01. The highest BCUT2D eigenvalue weighted by Crippen LogP contribution is 2.27. The van der Waals surface area contributed by atoms with Gasteiger partial charge in [0, 0.05) is 5.69 Å². The maximum absolute atomic E-state index is 13.2. The second-order valence-electron chi connectivity index (χ2n) is 7.82. The van der Waals surface area contributed by atoms with Gasteiger partial charge in [0.2, 0.25) is 5.91 Å². The van der Waals surface area contributed by atoms with Crippen molar-refractivity contribution in [2.75, 3.05) is 18.4 Å². The van der Waals surface area contributed by atoms with Gasteiger partial charge in [0.1, 0.15) is 6.04 Å². The Balaban J connectivity index is 1.53. The molecule has 4 rings (SSSR count). The van der Waals surface area contributed by atoms with Crippen molar-refractivity contribution in [2.45, 2.75) is 29.5 Å². The molecule has 1 amide bonds. The monoisotopic (exact) mass is 434 g/mol. The maximum atomic E-state index is 13.2. The Bertz CT molecular complexity index is 1130. The van der Waals surface area contributed by atoms with Gasteiger partial charge in [0.05, 0.1) is 10.6 Å². The number of sulfone groups is 1. The van der Waals surface area contributed by atoms with Crippen LogP contribution in [0.3, 0.4) is 0 Å². The highest BCUT2D eigenvalue weighted by Gasteiger charge is 2.29. The second-order valence-corrected chi connectivity index (χ2v) is 9.81. The summed E-state index contributed by atoms with van der Waals surface area (Å²) in [7, 11) is -3.45. The average Bonchev–Trinajstić information content (AvgIpc) is 3.29. The van der Waals surface area contributed by atoms with Crippen LogP contribution >= 0.6 is 0 Å². The lowest BCUT2D eigenvalue weighted by Crippen LogP contribution is -2.35. The number of benzene rings is 3. The largest absolute Gasteiger partial charge is 0.324 e. The Morgan fingerprint density at radius 3 is 2.19 bits per heavy atom. The van der Waals surface area contributed by atoms with Crippen LogP contribution in [0.4, 0.5) is 5.69 Å². The van der Waals surface area contributed by atoms with Crippen LogP contribution in [0.1, 0.15) is 30.0 Å². The first-order valence-electron chi connectivity index (χ1n) is 10.5. The summed E-state index contributed by atoms with van der Waals surface area (Å²) in [6, 6.07) is 24.9. The first-order valence-corrected chi connectivity index (χ1v) is 12.1. The van der Waals surface area contributed by atoms with Crippen molar-refractivity contribution < 1.29 is 13.2 Å². The third-order valence-corrected chi connectivity index (χ3v) is 7.23. The number of carbonyl (C=O) groups excluding carboxylic acids is 1. The topological polar surface area (TPSA) is 66.5 Å². The molecule has 5 nitrogen and oxygen atoms in total. The molecule has 0 saturated carbocycles. The molecule has 0 bridgehead atoms. The summed E-state index contributed by atoms with van der Waals surface area (Å²) in [4.78, 5) is 15.7. The predicted molar refractivity (Wildman–Crippen MR) is 122 cm³/mol. The number of rotatable bonds is 7. The number of hydrogen-bond acceptors (Lipinski definition) is 4. The summed E-state index contributed by atoms with van der Waals surface area (Å²) in [5.74, 6) is -0.217. The van der Waals surface area contributed by atoms with Gasteiger partial charge in [-0.2, -0.15) is 0 Å². The molecule has 1 heterocycles. The zero-order chi connectivity index (χ0) is 21.7. The summed E-state index contributed by atoms with van der Waals surface area (Å²) < 4.78 is 25.4. The fraction of sp³-hybridized carbons (Fsp3) is 0.240. The first-order chi connectivity index (χ1) is 15.0. The van der Waals surface area contributed by atoms with Crippen LogP contribution in [0.5, 0.6) is 0 Å². The van der Waals surface area contributed by atoms with Crippen molar-refractivity contribution in [1.82, 2.24) is 4.90 Å². The summed E-state index contributed by atoms with van der Waals surface area (Å²) in [5.41, 5.74) is 2.20. The van der Waals surface area contributed by atoms with Crippen LogP contribution < -0.4 is 5.32 Å². The van der Waals surface area contributed by atoms with Crippen molar-refractivity contribution in [3.63, 3.8) is 0 Å². The third kappa shape index (κ3) is 5.21. The van der Waals surface area contributed by atoms with Gasteiger partial charge in [-0.25, -0.2) is 8.42 Å². The standard InChI is InChI=1S/C25H26N2O3S/c28-25(24(27-16-7-8-17-27)21-11-3-1-4-12-21)26-22-13-9-10-20(18-22)19-31(29,30)23-14-5-2-6-15-23/h1-6,9-15,18,24H,7-8,16-17,19H2,(H,26,28). The van der Waals surface area contributed by atoms with E-state index in [1.165, 1.54) is 0 Å². The SMILES string of the molecule is O=C(Nc1cccc(CS(=O)(=O)c2ccccc2)c1)C(c1ccccc1)N1CCCC1.